The molecule has 0 unspecified atom stereocenters. The molecule has 0 amide bonds. The van der Waals surface area contributed by atoms with Gasteiger partial charge in [-0.15, -0.1) is 0 Å². The van der Waals surface area contributed by atoms with Crippen molar-refractivity contribution in [1.29, 1.82) is 0 Å². The van der Waals surface area contributed by atoms with Gasteiger partial charge in [-0.3, -0.25) is 0 Å². The van der Waals surface area contributed by atoms with Crippen molar-refractivity contribution in [2.45, 2.75) is 77.0 Å². The molecule has 0 saturated carbocycles. The highest BCUT2D eigenvalue weighted by Crippen LogP contribution is 2.58. The maximum Gasteiger partial charge on any atom is 0.0526 e. The van der Waals surface area contributed by atoms with Gasteiger partial charge in [0, 0.05) is 125 Å². The predicted molar refractivity (Wildman–Crippen MR) is 481 cm³/mol. The summed E-state index contributed by atoms with van der Waals surface area (Å²) in [7, 11) is 9.05. The Labute approximate surface area is 679 Å². The van der Waals surface area contributed by atoms with Gasteiger partial charge in [0.1, 0.15) is 0 Å². The van der Waals surface area contributed by atoms with E-state index in [0.717, 1.165) is 77.0 Å². The third kappa shape index (κ3) is 9.74. The van der Waals surface area contributed by atoms with Gasteiger partial charge < -0.3 is 19.6 Å². The van der Waals surface area contributed by atoms with E-state index in [1.807, 2.05) is 0 Å². The Bertz CT molecular complexity index is 6980. The van der Waals surface area contributed by atoms with Crippen molar-refractivity contribution in [2.24, 2.45) is 0 Å². The Balaban J connectivity index is 0.0000000866. The maximum absolute atomic E-state index is 2.50. The van der Waals surface area contributed by atoms with E-state index in [0.29, 0.717) is 0 Å². The highest BCUT2D eigenvalue weighted by molar-refractivity contribution is 5.99. The third-order valence-electron chi connectivity index (χ3n) is 28.5. The van der Waals surface area contributed by atoms with E-state index in [1.54, 1.807) is 0 Å². The summed E-state index contributed by atoms with van der Waals surface area (Å²) in [6.07, 6.45) is 12.5. The lowest BCUT2D eigenvalue weighted by Gasteiger charge is -2.34. The number of hydrogen-bond donors (Lipinski definition) is 0. The predicted octanol–water partition coefficient (Wildman–Crippen LogP) is 26.0. The summed E-state index contributed by atoms with van der Waals surface area (Å²) in [5, 5.41) is 0. The lowest BCUT2D eigenvalue weighted by molar-refractivity contribution is 1.03. The molecule has 4 nitrogen and oxygen atoms in total. The summed E-state index contributed by atoms with van der Waals surface area (Å²) in [4.78, 5) is 9.88. The summed E-state index contributed by atoms with van der Waals surface area (Å²) >= 11 is 0. The molecule has 4 heteroatoms. The van der Waals surface area contributed by atoms with Crippen molar-refractivity contribution in [2.75, 3.05) is 47.8 Å². The number of anilines is 8. The molecule has 28 rings (SSSR count). The summed E-state index contributed by atoms with van der Waals surface area (Å²) in [6.45, 7) is 0. The SMILES string of the molecule is CN1c2c(ccc3c2Cc2ccccc2-3)Cc2ccc3c(c21)-c1ccccc1C3.CN1c2cc3c(cc2Cc2ccc4c(c21)Cc1ccccc1-4)-c1ccccc1C3.CN1c2cc3c(cc2Cc2ccc4c(c21)Cc1ccccc1-4)Cc1ccccc1-3.CN1c2ccc3c(c2Cc2ccc4c(c21)Cc1ccccc1-4)-c1ccccc1C3. The molecular formula is C112H84N4. The molecule has 16 aromatic rings. The van der Waals surface area contributed by atoms with E-state index in [9.17, 15) is 0 Å². The minimum Gasteiger partial charge on any atom is -0.344 e. The number of fused-ring (bicyclic) bond motifs is 38. The van der Waals surface area contributed by atoms with Gasteiger partial charge in [0.05, 0.1) is 5.69 Å². The van der Waals surface area contributed by atoms with Gasteiger partial charge in [0.15, 0.2) is 0 Å². The van der Waals surface area contributed by atoms with Crippen LogP contribution in [-0.2, 0) is 77.0 Å². The van der Waals surface area contributed by atoms with Gasteiger partial charge in [0.25, 0.3) is 0 Å². The number of nitrogens with zero attached hydrogens (tertiary/aromatic N) is 4. The Morgan fingerprint density at radius 2 is 0.414 bits per heavy atom. The van der Waals surface area contributed by atoms with Crippen LogP contribution in [0.5, 0.6) is 0 Å². The van der Waals surface area contributed by atoms with E-state index < -0.39 is 0 Å². The largest absolute Gasteiger partial charge is 0.344 e. The van der Waals surface area contributed by atoms with Gasteiger partial charge in [-0.05, 0) is 267 Å². The molecule has 0 fully saturated rings. The Morgan fingerprint density at radius 1 is 0.147 bits per heavy atom. The minimum absolute atomic E-state index is 1.02. The molecular weight excluding hydrogens is 1400 g/mol. The number of benzene rings is 16. The molecule has 116 heavy (non-hydrogen) atoms. The van der Waals surface area contributed by atoms with Crippen LogP contribution in [0.25, 0.3) is 89.0 Å². The first-order valence-corrected chi connectivity index (χ1v) is 42.0. The van der Waals surface area contributed by atoms with Gasteiger partial charge in [-0.2, -0.15) is 0 Å². The monoisotopic (exact) mass is 1480 g/mol. The highest BCUT2D eigenvalue weighted by atomic mass is 15.1. The zero-order valence-electron chi connectivity index (χ0n) is 66.0. The van der Waals surface area contributed by atoms with Crippen LogP contribution in [0.2, 0.25) is 0 Å². The smallest absolute Gasteiger partial charge is 0.0526 e. The summed E-state index contributed by atoms with van der Waals surface area (Å²) in [6, 6.07) is 109. The van der Waals surface area contributed by atoms with Gasteiger partial charge in [-0.25, -0.2) is 0 Å². The van der Waals surface area contributed by atoms with Crippen molar-refractivity contribution in [3.8, 4) is 89.0 Å². The van der Waals surface area contributed by atoms with Crippen molar-refractivity contribution in [1.82, 2.24) is 0 Å². The van der Waals surface area contributed by atoms with Crippen LogP contribution >= 0.6 is 0 Å². The second kappa shape index (κ2) is 25.1. The van der Waals surface area contributed by atoms with Crippen LogP contribution in [0.4, 0.5) is 45.5 Å². The normalized spacial score (nSPS) is 14.6. The third-order valence-corrected chi connectivity index (χ3v) is 28.5. The molecule has 0 atom stereocenters. The average molecular weight is 1490 g/mol. The Kier molecular flexibility index (Phi) is 14.3. The zero-order chi connectivity index (χ0) is 76.4. The van der Waals surface area contributed by atoms with E-state index >= 15 is 0 Å². The summed E-state index contributed by atoms with van der Waals surface area (Å²) in [5.74, 6) is 0. The van der Waals surface area contributed by atoms with Crippen molar-refractivity contribution in [3.05, 3.63) is 425 Å². The maximum atomic E-state index is 2.50. The summed E-state index contributed by atoms with van der Waals surface area (Å²) in [5.41, 5.74) is 69.3. The zero-order valence-corrected chi connectivity index (χ0v) is 66.0. The molecule has 12 aliphatic rings. The molecule has 0 aromatic heterocycles. The van der Waals surface area contributed by atoms with Crippen molar-refractivity contribution in [3.63, 3.8) is 0 Å². The Hall–Kier alpha value is -13.3. The minimum atomic E-state index is 1.02. The van der Waals surface area contributed by atoms with Crippen molar-refractivity contribution >= 4 is 45.5 Å². The van der Waals surface area contributed by atoms with E-state index in [4.69, 9.17) is 0 Å². The molecule has 0 radical (unpaired) electrons. The molecule has 4 aliphatic heterocycles. The van der Waals surface area contributed by atoms with Crippen LogP contribution in [-0.4, -0.2) is 28.2 Å². The number of rotatable bonds is 0. The highest BCUT2D eigenvalue weighted by Gasteiger charge is 2.38. The molecule has 8 aliphatic carbocycles. The fourth-order valence-corrected chi connectivity index (χ4v) is 23.4. The number of hydrogen-bond acceptors (Lipinski definition) is 4. The molecule has 0 bridgehead atoms. The first-order chi connectivity index (χ1) is 57.1. The molecule has 552 valence electrons. The lowest BCUT2D eigenvalue weighted by atomic mass is 9.86. The van der Waals surface area contributed by atoms with Crippen LogP contribution < -0.4 is 19.6 Å². The average Bonchev–Trinajstić information content (AvgIpc) is 1.54. The topological polar surface area (TPSA) is 13.0 Å². The molecule has 4 heterocycles. The van der Waals surface area contributed by atoms with E-state index in [1.165, 1.54) is 268 Å². The molecule has 0 saturated heterocycles. The lowest BCUT2D eigenvalue weighted by Crippen LogP contribution is -2.21. The Morgan fingerprint density at radius 3 is 0.871 bits per heavy atom. The molecule has 0 N–H and O–H groups in total. The molecule has 16 aromatic carbocycles. The second-order valence-corrected chi connectivity index (χ2v) is 34.5. The second-order valence-electron chi connectivity index (χ2n) is 34.5. The van der Waals surface area contributed by atoms with Gasteiger partial charge in [-0.1, -0.05) is 267 Å². The fraction of sp³-hybridized carbons (Fsp3) is 0.143. The first-order valence-electron chi connectivity index (χ1n) is 42.0. The quantitative estimate of drug-likeness (QED) is 0.150. The molecule has 0 spiro atoms. The van der Waals surface area contributed by atoms with Crippen LogP contribution in [0, 0.1) is 0 Å². The van der Waals surface area contributed by atoms with Crippen molar-refractivity contribution < 1.29 is 0 Å². The van der Waals surface area contributed by atoms with Crippen LogP contribution in [0.1, 0.15) is 134 Å². The summed E-state index contributed by atoms with van der Waals surface area (Å²) < 4.78 is 0. The van der Waals surface area contributed by atoms with E-state index in [-0.39, 0.29) is 0 Å². The standard InChI is InChI=1S/4C28H21N/c1-29-27-16-25-20(12-17-6-2-5-9-23(17)25)14-21(27)13-19-10-11-24-22-8-4-3-7-18(22)15-26(24)28(19)29;1-29-27-16-20-12-17-6-2-5-9-23(17)25(20)15-21(27)13-19-10-11-24-22-8-4-3-7-18(22)14-26(24)28(19)29;1-29-26-13-11-19-14-17-6-3-5-9-22(17)27(19)25(26)16-20-10-12-23-21-8-4-2-7-18(21)15-24(23)28(20)29;1-29-27-20(12-13-24-22-8-4-2-7-18(22)16-25(24)27)15-21-11-10-19-14-17-6-3-5-9-23(17)26(19)28(21)29/h2-11,14,16H,12-13,15H2,1H3;2-11,15-16H,12-14H2,1H3;2*2-13H,14-16H2,1H3. The van der Waals surface area contributed by atoms with Crippen LogP contribution in [0.3, 0.4) is 0 Å². The van der Waals surface area contributed by atoms with Crippen LogP contribution in [0.15, 0.2) is 291 Å². The first kappa shape index (κ1) is 66.2. The van der Waals surface area contributed by atoms with E-state index in [2.05, 4.69) is 339 Å². The fourth-order valence-electron chi connectivity index (χ4n) is 23.4. The van der Waals surface area contributed by atoms with Gasteiger partial charge in [0.2, 0.25) is 0 Å². The van der Waals surface area contributed by atoms with Gasteiger partial charge >= 0.3 is 0 Å².